The highest BCUT2D eigenvalue weighted by Crippen LogP contribution is 2.30. The number of nitrogens with zero attached hydrogens (tertiary/aromatic N) is 1. The lowest BCUT2D eigenvalue weighted by Crippen LogP contribution is -2.45. The second kappa shape index (κ2) is 9.17. The van der Waals surface area contributed by atoms with Crippen molar-refractivity contribution in [3.05, 3.63) is 47.7 Å². The quantitative estimate of drug-likeness (QED) is 0.553. The zero-order chi connectivity index (χ0) is 19.1. The van der Waals surface area contributed by atoms with Gasteiger partial charge in [0.2, 0.25) is 5.91 Å². The van der Waals surface area contributed by atoms with E-state index >= 15 is 0 Å². The van der Waals surface area contributed by atoms with Crippen LogP contribution in [0.3, 0.4) is 0 Å². The first-order valence-electron chi connectivity index (χ1n) is 8.82. The molecule has 1 aromatic carbocycles. The number of amides is 1. The van der Waals surface area contributed by atoms with Crippen molar-refractivity contribution in [2.75, 3.05) is 13.2 Å². The second-order valence-electron chi connectivity index (χ2n) is 6.22. The van der Waals surface area contributed by atoms with E-state index in [0.29, 0.717) is 13.0 Å². The molecule has 0 aliphatic carbocycles. The Balaban J connectivity index is 2.27. The third-order valence-electron chi connectivity index (χ3n) is 4.20. The summed E-state index contributed by atoms with van der Waals surface area (Å²) < 4.78 is 10.1. The summed E-state index contributed by atoms with van der Waals surface area (Å²) in [6, 6.07) is 9.56. The van der Waals surface area contributed by atoms with Crippen molar-refractivity contribution < 1.29 is 23.9 Å². The van der Waals surface area contributed by atoms with Gasteiger partial charge in [-0.25, -0.2) is 0 Å². The summed E-state index contributed by atoms with van der Waals surface area (Å²) in [5.74, 6) is -3.76. The largest absolute Gasteiger partial charge is 0.465 e. The molecule has 0 N–H and O–H groups in total. The van der Waals surface area contributed by atoms with Gasteiger partial charge in [-0.05, 0) is 32.8 Å². The Bertz CT molecular complexity index is 665. The Kier molecular flexibility index (Phi) is 6.95. The molecule has 1 aromatic rings. The maximum atomic E-state index is 13.0. The van der Waals surface area contributed by atoms with Crippen LogP contribution in [0.2, 0.25) is 0 Å². The van der Waals surface area contributed by atoms with Crippen LogP contribution in [0.25, 0.3) is 0 Å². The molecule has 1 aliphatic heterocycles. The zero-order valence-electron chi connectivity index (χ0n) is 15.4. The maximum absolute atomic E-state index is 13.0. The molecule has 0 saturated heterocycles. The van der Waals surface area contributed by atoms with Gasteiger partial charge in [-0.3, -0.25) is 14.4 Å². The summed E-state index contributed by atoms with van der Waals surface area (Å²) in [5.41, 5.74) is 1.89. The van der Waals surface area contributed by atoms with Crippen LogP contribution in [0, 0.1) is 11.8 Å². The lowest BCUT2D eigenvalue weighted by atomic mass is 9.83. The van der Waals surface area contributed by atoms with Crippen molar-refractivity contribution in [1.29, 1.82) is 0 Å². The van der Waals surface area contributed by atoms with E-state index in [-0.39, 0.29) is 19.1 Å². The van der Waals surface area contributed by atoms with Crippen LogP contribution in [-0.4, -0.2) is 36.0 Å². The highest BCUT2D eigenvalue weighted by Gasteiger charge is 2.44. The van der Waals surface area contributed by atoms with Crippen LogP contribution >= 0.6 is 0 Å². The van der Waals surface area contributed by atoms with Gasteiger partial charge in [-0.1, -0.05) is 35.9 Å². The molecule has 1 atom stereocenters. The number of rotatable bonds is 7. The topological polar surface area (TPSA) is 72.9 Å². The molecule has 6 heteroatoms. The van der Waals surface area contributed by atoms with Gasteiger partial charge in [0.25, 0.3) is 0 Å². The minimum absolute atomic E-state index is 0.137. The third kappa shape index (κ3) is 4.71. The van der Waals surface area contributed by atoms with Crippen molar-refractivity contribution in [1.82, 2.24) is 4.90 Å². The van der Waals surface area contributed by atoms with Crippen LogP contribution in [-0.2, 0) is 30.4 Å². The van der Waals surface area contributed by atoms with Crippen LogP contribution < -0.4 is 0 Å². The molecule has 6 nitrogen and oxygen atoms in total. The van der Waals surface area contributed by atoms with Crippen molar-refractivity contribution in [3.63, 3.8) is 0 Å². The lowest BCUT2D eigenvalue weighted by Gasteiger charge is -2.32. The molecular formula is C20H25NO5. The summed E-state index contributed by atoms with van der Waals surface area (Å²) in [6.07, 6.45) is 2.10. The Labute approximate surface area is 153 Å². The predicted molar refractivity (Wildman–Crippen MR) is 95.6 cm³/mol. The van der Waals surface area contributed by atoms with Crippen molar-refractivity contribution in [2.45, 2.75) is 33.7 Å². The monoisotopic (exact) mass is 359 g/mol. The number of benzene rings is 1. The Hall–Kier alpha value is -2.63. The van der Waals surface area contributed by atoms with Gasteiger partial charge >= 0.3 is 11.9 Å². The number of esters is 2. The van der Waals surface area contributed by atoms with Crippen molar-refractivity contribution >= 4 is 17.8 Å². The Morgan fingerprint density at radius 3 is 2.23 bits per heavy atom. The zero-order valence-corrected chi connectivity index (χ0v) is 15.4. The molecule has 0 saturated carbocycles. The fraction of sp³-hybridized carbons (Fsp3) is 0.450. The van der Waals surface area contributed by atoms with Crippen molar-refractivity contribution in [2.24, 2.45) is 11.8 Å². The van der Waals surface area contributed by atoms with E-state index in [1.165, 1.54) is 0 Å². The van der Waals surface area contributed by atoms with Crippen LogP contribution in [0.15, 0.2) is 42.1 Å². The number of carbonyl (C=O) groups excluding carboxylic acids is 3. The van der Waals surface area contributed by atoms with Gasteiger partial charge in [0.05, 0.1) is 25.7 Å². The minimum Gasteiger partial charge on any atom is -0.465 e. The number of allylic oxidation sites excluding steroid dienone is 1. The molecule has 1 heterocycles. The predicted octanol–water partition coefficient (Wildman–Crippen LogP) is 2.68. The molecule has 2 rings (SSSR count). The summed E-state index contributed by atoms with van der Waals surface area (Å²) in [6.45, 7) is 5.86. The summed E-state index contributed by atoms with van der Waals surface area (Å²) >= 11 is 0. The fourth-order valence-corrected chi connectivity index (χ4v) is 3.08. The smallest absolute Gasteiger partial charge is 0.321 e. The molecule has 0 fully saturated rings. The summed E-state index contributed by atoms with van der Waals surface area (Å²) in [7, 11) is 0. The summed E-state index contributed by atoms with van der Waals surface area (Å²) in [5, 5.41) is 0. The molecule has 140 valence electrons. The number of hydrogen-bond acceptors (Lipinski definition) is 5. The van der Waals surface area contributed by atoms with Crippen LogP contribution in [0.1, 0.15) is 32.8 Å². The number of carbonyl (C=O) groups is 3. The third-order valence-corrected chi connectivity index (χ3v) is 4.20. The molecule has 0 spiro atoms. The van der Waals surface area contributed by atoms with E-state index < -0.39 is 23.8 Å². The van der Waals surface area contributed by atoms with E-state index in [1.807, 2.05) is 37.3 Å². The average Bonchev–Trinajstić information content (AvgIpc) is 2.60. The minimum atomic E-state index is -1.25. The molecule has 1 aliphatic rings. The highest BCUT2D eigenvalue weighted by atomic mass is 16.6. The number of hydrogen-bond donors (Lipinski definition) is 0. The Morgan fingerprint density at radius 2 is 1.69 bits per heavy atom. The molecular weight excluding hydrogens is 334 g/mol. The van der Waals surface area contributed by atoms with Gasteiger partial charge in [-0.2, -0.15) is 0 Å². The molecule has 0 radical (unpaired) electrons. The second-order valence-corrected chi connectivity index (χ2v) is 6.22. The standard InChI is InChI=1S/C20H25NO5/c1-4-25-19(23)17(20(24)26-5-2)16-11-14(3)12-21(18(16)22)13-15-9-7-6-8-10-15/h6-10,12,16-17H,4-5,11,13H2,1-3H3. The van der Waals surface area contributed by atoms with E-state index in [4.69, 9.17) is 9.47 Å². The average molecular weight is 359 g/mol. The number of ether oxygens (including phenoxy) is 2. The highest BCUT2D eigenvalue weighted by molar-refractivity contribution is 6.00. The Morgan fingerprint density at radius 1 is 1.12 bits per heavy atom. The first kappa shape index (κ1) is 19.7. The first-order chi connectivity index (χ1) is 12.5. The molecule has 1 unspecified atom stereocenters. The normalized spacial score (nSPS) is 17.1. The van der Waals surface area contributed by atoms with E-state index in [1.54, 1.807) is 24.9 Å². The first-order valence-corrected chi connectivity index (χ1v) is 8.82. The summed E-state index contributed by atoms with van der Waals surface area (Å²) in [4.78, 5) is 39.3. The molecule has 1 amide bonds. The van der Waals surface area contributed by atoms with Crippen molar-refractivity contribution in [3.8, 4) is 0 Å². The maximum Gasteiger partial charge on any atom is 0.321 e. The van der Waals surface area contributed by atoms with Gasteiger partial charge in [0.15, 0.2) is 5.92 Å². The van der Waals surface area contributed by atoms with Gasteiger partial charge in [0.1, 0.15) is 0 Å². The molecule has 26 heavy (non-hydrogen) atoms. The van der Waals surface area contributed by atoms with E-state index in [9.17, 15) is 14.4 Å². The molecule has 0 aromatic heterocycles. The van der Waals surface area contributed by atoms with Gasteiger partial charge in [-0.15, -0.1) is 0 Å². The van der Waals surface area contributed by atoms with Crippen LogP contribution in [0.5, 0.6) is 0 Å². The van der Waals surface area contributed by atoms with Gasteiger partial charge in [0, 0.05) is 6.20 Å². The molecule has 0 bridgehead atoms. The lowest BCUT2D eigenvalue weighted by molar-refractivity contribution is -0.168. The SMILES string of the molecule is CCOC(=O)C(C(=O)OCC)C1CC(C)=CN(Cc2ccccc2)C1=O. The van der Waals surface area contributed by atoms with E-state index in [0.717, 1.165) is 11.1 Å². The van der Waals surface area contributed by atoms with Gasteiger partial charge < -0.3 is 14.4 Å². The fourth-order valence-electron chi connectivity index (χ4n) is 3.08. The van der Waals surface area contributed by atoms with Crippen LogP contribution in [0.4, 0.5) is 0 Å². The van der Waals surface area contributed by atoms with E-state index in [2.05, 4.69) is 0 Å².